The van der Waals surface area contributed by atoms with Crippen molar-refractivity contribution in [2.24, 2.45) is 0 Å². The smallest absolute Gasteiger partial charge is 0.215 e. The van der Waals surface area contributed by atoms with Crippen molar-refractivity contribution in [3.8, 4) is 0 Å². The summed E-state index contributed by atoms with van der Waals surface area (Å²) in [5, 5.41) is 4.90. The average molecular weight is 363 g/mol. The summed E-state index contributed by atoms with van der Waals surface area (Å²) in [6.07, 6.45) is 5.73. The molecule has 1 N–H and O–H groups in total. The van der Waals surface area contributed by atoms with Crippen LogP contribution >= 0.6 is 0 Å². The summed E-state index contributed by atoms with van der Waals surface area (Å²) < 4.78 is 14.8. The van der Waals surface area contributed by atoms with Crippen molar-refractivity contribution in [2.45, 2.75) is 32.1 Å². The zero-order valence-electron chi connectivity index (χ0n) is 15.7. The zero-order chi connectivity index (χ0) is 18.3. The van der Waals surface area contributed by atoms with Crippen molar-refractivity contribution < 1.29 is 9.47 Å². The number of rotatable bonds is 3. The van der Waals surface area contributed by atoms with E-state index in [4.69, 9.17) is 9.47 Å². The Labute approximate surface area is 159 Å². The lowest BCUT2D eigenvalue weighted by molar-refractivity contribution is -0.175. The van der Waals surface area contributed by atoms with E-state index in [1.165, 1.54) is 27.7 Å². The number of fused-ring (bicyclic) bond motifs is 3. The predicted molar refractivity (Wildman–Crippen MR) is 105 cm³/mol. The summed E-state index contributed by atoms with van der Waals surface area (Å²) >= 11 is 0. The SMILES string of the molecule is Cc1ccc2c(c1)c1c(n2CC2(c3cccnc3)OCCO2)CCNCC1. The highest BCUT2D eigenvalue weighted by Crippen LogP contribution is 2.37. The van der Waals surface area contributed by atoms with Gasteiger partial charge in [-0.2, -0.15) is 0 Å². The first kappa shape index (κ1) is 16.9. The molecular formula is C22H25N3O2. The quantitative estimate of drug-likeness (QED) is 0.777. The summed E-state index contributed by atoms with van der Waals surface area (Å²) in [5.74, 6) is -0.765. The number of hydrogen-bond acceptors (Lipinski definition) is 4. The minimum Gasteiger partial charge on any atom is -0.342 e. The van der Waals surface area contributed by atoms with Crippen molar-refractivity contribution in [2.75, 3.05) is 26.3 Å². The molecule has 27 heavy (non-hydrogen) atoms. The van der Waals surface area contributed by atoms with Crippen LogP contribution in [0.3, 0.4) is 0 Å². The topological polar surface area (TPSA) is 48.3 Å². The van der Waals surface area contributed by atoms with Crippen molar-refractivity contribution >= 4 is 10.9 Å². The summed E-state index contributed by atoms with van der Waals surface area (Å²) in [6, 6.07) is 10.8. The summed E-state index contributed by atoms with van der Waals surface area (Å²) in [6.45, 7) is 6.06. The van der Waals surface area contributed by atoms with Crippen molar-refractivity contribution in [1.82, 2.24) is 14.9 Å². The van der Waals surface area contributed by atoms with E-state index in [0.29, 0.717) is 19.8 Å². The van der Waals surface area contributed by atoms with Crippen LogP contribution in [0.1, 0.15) is 22.4 Å². The van der Waals surface area contributed by atoms with E-state index in [1.807, 2.05) is 18.3 Å². The van der Waals surface area contributed by atoms with Gasteiger partial charge in [0.25, 0.3) is 0 Å². The third-order valence-corrected chi connectivity index (χ3v) is 5.75. The van der Waals surface area contributed by atoms with Crippen LogP contribution in [0.2, 0.25) is 0 Å². The molecule has 5 nitrogen and oxygen atoms in total. The molecule has 0 spiro atoms. The normalized spacial score (nSPS) is 19.1. The lowest BCUT2D eigenvalue weighted by Crippen LogP contribution is -2.33. The molecule has 0 atom stereocenters. The summed E-state index contributed by atoms with van der Waals surface area (Å²) in [4.78, 5) is 4.30. The molecule has 2 aliphatic heterocycles. The van der Waals surface area contributed by atoms with Gasteiger partial charge in [0.05, 0.1) is 19.8 Å². The van der Waals surface area contributed by atoms with E-state index in [-0.39, 0.29) is 0 Å². The standard InChI is InChI=1S/C22H25N3O2/c1-16-4-5-20-19(13-16)18-6-9-23-10-7-21(18)25(20)15-22(26-11-12-27-22)17-3-2-8-24-14-17/h2-5,8,13-14,23H,6-7,9-12,15H2,1H3. The Balaban J connectivity index is 1.67. The third kappa shape index (κ3) is 2.87. The fourth-order valence-electron chi connectivity index (χ4n) is 4.48. The van der Waals surface area contributed by atoms with Crippen LogP contribution < -0.4 is 5.32 Å². The Morgan fingerprint density at radius 3 is 2.81 bits per heavy atom. The average Bonchev–Trinajstić information content (AvgIpc) is 3.18. The Kier molecular flexibility index (Phi) is 4.23. The molecule has 5 rings (SSSR count). The van der Waals surface area contributed by atoms with Gasteiger partial charge in [-0.15, -0.1) is 0 Å². The van der Waals surface area contributed by atoms with Gasteiger partial charge in [0, 0.05) is 47.5 Å². The molecule has 0 saturated carbocycles. The lowest BCUT2D eigenvalue weighted by Gasteiger charge is -2.29. The highest BCUT2D eigenvalue weighted by atomic mass is 16.7. The van der Waals surface area contributed by atoms with Gasteiger partial charge in [-0.05, 0) is 43.7 Å². The maximum absolute atomic E-state index is 6.20. The second kappa shape index (κ2) is 6.75. The molecule has 0 bridgehead atoms. The number of aryl methyl sites for hydroxylation is 1. The second-order valence-electron chi connectivity index (χ2n) is 7.47. The lowest BCUT2D eigenvalue weighted by atomic mass is 10.1. The zero-order valence-corrected chi connectivity index (χ0v) is 15.7. The number of benzene rings is 1. The van der Waals surface area contributed by atoms with Crippen LogP contribution in [0.15, 0.2) is 42.7 Å². The van der Waals surface area contributed by atoms with Crippen molar-refractivity contribution in [3.05, 3.63) is 65.1 Å². The number of hydrogen-bond donors (Lipinski definition) is 1. The molecule has 0 unspecified atom stereocenters. The first-order valence-electron chi connectivity index (χ1n) is 9.77. The molecule has 3 aromatic rings. The van der Waals surface area contributed by atoms with Crippen LogP contribution in [0.25, 0.3) is 10.9 Å². The monoisotopic (exact) mass is 363 g/mol. The van der Waals surface area contributed by atoms with Crippen LogP contribution in [-0.4, -0.2) is 35.9 Å². The van der Waals surface area contributed by atoms with Crippen molar-refractivity contribution in [3.63, 3.8) is 0 Å². The Morgan fingerprint density at radius 1 is 1.15 bits per heavy atom. The molecule has 2 aliphatic rings. The number of nitrogens with zero attached hydrogens (tertiary/aromatic N) is 2. The number of aromatic nitrogens is 2. The predicted octanol–water partition coefficient (Wildman–Crippen LogP) is 2.93. The molecule has 0 amide bonds. The molecule has 0 aliphatic carbocycles. The third-order valence-electron chi connectivity index (χ3n) is 5.75. The Bertz CT molecular complexity index is 959. The van der Waals surface area contributed by atoms with Crippen LogP contribution in [0.5, 0.6) is 0 Å². The largest absolute Gasteiger partial charge is 0.342 e. The summed E-state index contributed by atoms with van der Waals surface area (Å²) in [7, 11) is 0. The highest BCUT2D eigenvalue weighted by Gasteiger charge is 2.40. The molecule has 1 fully saturated rings. The maximum atomic E-state index is 6.20. The Hall–Kier alpha value is -2.21. The van der Waals surface area contributed by atoms with Gasteiger partial charge >= 0.3 is 0 Å². The number of ether oxygens (including phenoxy) is 2. The first-order chi connectivity index (χ1) is 13.3. The Morgan fingerprint density at radius 2 is 2.00 bits per heavy atom. The van der Waals surface area contributed by atoms with E-state index in [1.54, 1.807) is 6.20 Å². The first-order valence-corrected chi connectivity index (χ1v) is 9.77. The molecule has 1 saturated heterocycles. The molecule has 2 aromatic heterocycles. The van der Waals surface area contributed by atoms with Gasteiger partial charge in [0.1, 0.15) is 0 Å². The fraction of sp³-hybridized carbons (Fsp3) is 0.409. The van der Waals surface area contributed by atoms with Crippen LogP contribution in [0, 0.1) is 6.92 Å². The number of nitrogens with one attached hydrogen (secondary N) is 1. The van der Waals surface area contributed by atoms with Gasteiger partial charge in [-0.1, -0.05) is 17.7 Å². The fourth-order valence-corrected chi connectivity index (χ4v) is 4.48. The maximum Gasteiger partial charge on any atom is 0.215 e. The van der Waals surface area contributed by atoms with Gasteiger partial charge in [-0.25, -0.2) is 0 Å². The van der Waals surface area contributed by atoms with Crippen molar-refractivity contribution in [1.29, 1.82) is 0 Å². The van der Waals surface area contributed by atoms with E-state index >= 15 is 0 Å². The van der Waals surface area contributed by atoms with E-state index in [0.717, 1.165) is 31.5 Å². The molecule has 5 heteroatoms. The van der Waals surface area contributed by atoms with Gasteiger partial charge in [0.15, 0.2) is 0 Å². The molecule has 0 radical (unpaired) electrons. The second-order valence-corrected chi connectivity index (χ2v) is 7.47. The van der Waals surface area contributed by atoms with Crippen LogP contribution in [-0.2, 0) is 34.6 Å². The van der Waals surface area contributed by atoms with E-state index in [9.17, 15) is 0 Å². The molecule has 1 aromatic carbocycles. The van der Waals surface area contributed by atoms with Gasteiger partial charge < -0.3 is 19.4 Å². The van der Waals surface area contributed by atoms with E-state index in [2.05, 4.69) is 40.0 Å². The van der Waals surface area contributed by atoms with E-state index < -0.39 is 5.79 Å². The molecule has 140 valence electrons. The minimum absolute atomic E-state index is 0.608. The van der Waals surface area contributed by atoms with Crippen LogP contribution in [0.4, 0.5) is 0 Å². The number of pyridine rings is 1. The summed E-state index contributed by atoms with van der Waals surface area (Å²) in [5.41, 5.74) is 6.43. The van der Waals surface area contributed by atoms with Gasteiger partial charge in [-0.3, -0.25) is 4.98 Å². The highest BCUT2D eigenvalue weighted by molar-refractivity contribution is 5.86. The van der Waals surface area contributed by atoms with Gasteiger partial charge in [0.2, 0.25) is 5.79 Å². The molecular weight excluding hydrogens is 338 g/mol. The minimum atomic E-state index is -0.765. The molecule has 4 heterocycles.